The highest BCUT2D eigenvalue weighted by Gasteiger charge is 2.11. The molecule has 21 heavy (non-hydrogen) atoms. The molecular formula is C16H13FN2O2. The standard InChI is InChI=1S/C16H13FN2O2/c1-10-18-14-8-12(16(20)21)5-6-15(14)19(10)9-11-3-2-4-13(17)7-11/h2-8H,9H2,1H3,(H,20,21). The van der Waals surface area contributed by atoms with Crippen molar-refractivity contribution in [3.8, 4) is 0 Å². The van der Waals surface area contributed by atoms with Gasteiger partial charge in [-0.2, -0.15) is 0 Å². The molecule has 0 spiro atoms. The van der Waals surface area contributed by atoms with Crippen LogP contribution in [0.1, 0.15) is 21.7 Å². The number of aryl methyl sites for hydroxylation is 1. The van der Waals surface area contributed by atoms with Gasteiger partial charge < -0.3 is 9.67 Å². The molecule has 0 amide bonds. The van der Waals surface area contributed by atoms with Crippen LogP contribution in [0.5, 0.6) is 0 Å². The van der Waals surface area contributed by atoms with Gasteiger partial charge in [-0.1, -0.05) is 12.1 Å². The van der Waals surface area contributed by atoms with E-state index in [0.717, 1.165) is 16.9 Å². The molecule has 1 N–H and O–H groups in total. The van der Waals surface area contributed by atoms with Gasteiger partial charge in [0.2, 0.25) is 0 Å². The summed E-state index contributed by atoms with van der Waals surface area (Å²) in [4.78, 5) is 15.4. The zero-order chi connectivity index (χ0) is 15.0. The molecular weight excluding hydrogens is 271 g/mol. The molecule has 0 saturated carbocycles. The Balaban J connectivity index is 2.06. The van der Waals surface area contributed by atoms with Gasteiger partial charge in [0.05, 0.1) is 16.6 Å². The number of hydrogen-bond donors (Lipinski definition) is 1. The Bertz CT molecular complexity index is 839. The smallest absolute Gasteiger partial charge is 0.335 e. The molecule has 5 heteroatoms. The zero-order valence-electron chi connectivity index (χ0n) is 11.4. The van der Waals surface area contributed by atoms with E-state index in [0.29, 0.717) is 12.1 Å². The van der Waals surface area contributed by atoms with Crippen LogP contribution < -0.4 is 0 Å². The lowest BCUT2D eigenvalue weighted by atomic mass is 10.2. The third-order valence-electron chi connectivity index (χ3n) is 3.42. The Kier molecular flexibility index (Phi) is 3.17. The molecule has 106 valence electrons. The lowest BCUT2D eigenvalue weighted by molar-refractivity contribution is 0.0697. The number of carbonyl (C=O) groups is 1. The number of rotatable bonds is 3. The topological polar surface area (TPSA) is 55.1 Å². The number of aromatic nitrogens is 2. The number of benzene rings is 2. The van der Waals surface area contributed by atoms with Gasteiger partial charge in [0.1, 0.15) is 11.6 Å². The number of imidazole rings is 1. The minimum Gasteiger partial charge on any atom is -0.478 e. The van der Waals surface area contributed by atoms with E-state index in [2.05, 4.69) is 4.98 Å². The first kappa shape index (κ1) is 13.3. The van der Waals surface area contributed by atoms with E-state index < -0.39 is 5.97 Å². The van der Waals surface area contributed by atoms with Crippen molar-refractivity contribution in [2.45, 2.75) is 13.5 Å². The van der Waals surface area contributed by atoms with Crippen molar-refractivity contribution in [2.75, 3.05) is 0 Å². The molecule has 0 bridgehead atoms. The largest absolute Gasteiger partial charge is 0.478 e. The quantitative estimate of drug-likeness (QED) is 0.803. The van der Waals surface area contributed by atoms with Crippen molar-refractivity contribution in [3.05, 3.63) is 65.2 Å². The SMILES string of the molecule is Cc1nc2cc(C(=O)O)ccc2n1Cc1cccc(F)c1. The first-order valence-corrected chi connectivity index (χ1v) is 6.49. The van der Waals surface area contributed by atoms with Gasteiger partial charge in [-0.15, -0.1) is 0 Å². The summed E-state index contributed by atoms with van der Waals surface area (Å²) < 4.78 is 15.2. The molecule has 3 aromatic rings. The van der Waals surface area contributed by atoms with Crippen molar-refractivity contribution < 1.29 is 14.3 Å². The molecule has 0 aliphatic carbocycles. The van der Waals surface area contributed by atoms with Crippen molar-refractivity contribution >= 4 is 17.0 Å². The van der Waals surface area contributed by atoms with Crippen LogP contribution in [0.15, 0.2) is 42.5 Å². The van der Waals surface area contributed by atoms with E-state index in [4.69, 9.17) is 5.11 Å². The van der Waals surface area contributed by atoms with Gasteiger partial charge >= 0.3 is 5.97 Å². The fraction of sp³-hybridized carbons (Fsp3) is 0.125. The van der Waals surface area contributed by atoms with Crippen LogP contribution in [0.2, 0.25) is 0 Å². The Morgan fingerprint density at radius 2 is 2.10 bits per heavy atom. The molecule has 1 heterocycles. The van der Waals surface area contributed by atoms with E-state index in [9.17, 15) is 9.18 Å². The van der Waals surface area contributed by atoms with Gasteiger partial charge in [-0.25, -0.2) is 14.2 Å². The summed E-state index contributed by atoms with van der Waals surface area (Å²) in [6.07, 6.45) is 0. The maximum absolute atomic E-state index is 13.3. The van der Waals surface area contributed by atoms with E-state index in [1.165, 1.54) is 12.1 Å². The monoisotopic (exact) mass is 284 g/mol. The van der Waals surface area contributed by atoms with Gasteiger partial charge in [0.15, 0.2) is 0 Å². The van der Waals surface area contributed by atoms with Gasteiger partial charge in [0, 0.05) is 6.54 Å². The molecule has 0 saturated heterocycles. The maximum Gasteiger partial charge on any atom is 0.335 e. The number of aromatic carboxylic acids is 1. The summed E-state index contributed by atoms with van der Waals surface area (Å²) in [6.45, 7) is 2.34. The fourth-order valence-electron chi connectivity index (χ4n) is 2.40. The molecule has 0 atom stereocenters. The van der Waals surface area contributed by atoms with Gasteiger partial charge in [0.25, 0.3) is 0 Å². The van der Waals surface area contributed by atoms with Crippen LogP contribution in [0.25, 0.3) is 11.0 Å². The Morgan fingerprint density at radius 3 is 2.81 bits per heavy atom. The second-order valence-electron chi connectivity index (χ2n) is 4.88. The molecule has 0 radical (unpaired) electrons. The maximum atomic E-state index is 13.3. The van der Waals surface area contributed by atoms with E-state index in [-0.39, 0.29) is 11.4 Å². The predicted octanol–water partition coefficient (Wildman–Crippen LogP) is 3.23. The minimum atomic E-state index is -0.978. The van der Waals surface area contributed by atoms with Crippen LogP contribution in [0, 0.1) is 12.7 Å². The third kappa shape index (κ3) is 2.50. The highest BCUT2D eigenvalue weighted by molar-refractivity contribution is 5.92. The molecule has 4 nitrogen and oxygen atoms in total. The number of halogens is 1. The molecule has 1 aromatic heterocycles. The van der Waals surface area contributed by atoms with Crippen molar-refractivity contribution in [2.24, 2.45) is 0 Å². The van der Waals surface area contributed by atoms with Crippen LogP contribution in [-0.2, 0) is 6.54 Å². The second kappa shape index (κ2) is 5.01. The van der Waals surface area contributed by atoms with Gasteiger partial charge in [-0.3, -0.25) is 0 Å². The third-order valence-corrected chi connectivity index (χ3v) is 3.42. The van der Waals surface area contributed by atoms with E-state index in [1.54, 1.807) is 24.3 Å². The van der Waals surface area contributed by atoms with Crippen LogP contribution in [0.4, 0.5) is 4.39 Å². The lowest BCUT2D eigenvalue weighted by Gasteiger charge is -2.07. The second-order valence-corrected chi connectivity index (χ2v) is 4.88. The summed E-state index contributed by atoms with van der Waals surface area (Å²) in [7, 11) is 0. The Hall–Kier alpha value is -2.69. The molecule has 0 aliphatic heterocycles. The fourth-order valence-corrected chi connectivity index (χ4v) is 2.40. The average molecular weight is 284 g/mol. The predicted molar refractivity (Wildman–Crippen MR) is 76.9 cm³/mol. The summed E-state index contributed by atoms with van der Waals surface area (Å²) >= 11 is 0. The number of fused-ring (bicyclic) bond motifs is 1. The summed E-state index contributed by atoms with van der Waals surface area (Å²) in [5.74, 6) is -0.492. The van der Waals surface area contributed by atoms with Crippen molar-refractivity contribution in [1.29, 1.82) is 0 Å². The van der Waals surface area contributed by atoms with E-state index >= 15 is 0 Å². The number of hydrogen-bond acceptors (Lipinski definition) is 2. The number of carboxylic acids is 1. The van der Waals surface area contributed by atoms with Crippen molar-refractivity contribution in [3.63, 3.8) is 0 Å². The van der Waals surface area contributed by atoms with Gasteiger partial charge in [-0.05, 0) is 42.8 Å². The summed E-state index contributed by atoms with van der Waals surface area (Å²) in [6, 6.07) is 11.2. The molecule has 0 unspecified atom stereocenters. The molecule has 3 rings (SSSR count). The van der Waals surface area contributed by atoms with Crippen LogP contribution in [-0.4, -0.2) is 20.6 Å². The molecule has 0 aliphatic rings. The lowest BCUT2D eigenvalue weighted by Crippen LogP contribution is -2.02. The zero-order valence-corrected chi connectivity index (χ0v) is 11.4. The number of carboxylic acid groups (broad SMARTS) is 1. The summed E-state index contributed by atoms with van der Waals surface area (Å²) in [5, 5.41) is 9.01. The first-order chi connectivity index (χ1) is 10.0. The first-order valence-electron chi connectivity index (χ1n) is 6.49. The highest BCUT2D eigenvalue weighted by atomic mass is 19.1. The molecule has 2 aromatic carbocycles. The Labute approximate surface area is 120 Å². The van der Waals surface area contributed by atoms with Crippen LogP contribution >= 0.6 is 0 Å². The normalized spacial score (nSPS) is 11.0. The van der Waals surface area contributed by atoms with E-state index in [1.807, 2.05) is 17.6 Å². The summed E-state index contributed by atoms with van der Waals surface area (Å²) in [5.41, 5.74) is 2.50. The van der Waals surface area contributed by atoms with Crippen LogP contribution in [0.3, 0.4) is 0 Å². The Morgan fingerprint density at radius 1 is 1.29 bits per heavy atom. The van der Waals surface area contributed by atoms with Crippen molar-refractivity contribution in [1.82, 2.24) is 9.55 Å². The highest BCUT2D eigenvalue weighted by Crippen LogP contribution is 2.19. The number of nitrogens with zero attached hydrogens (tertiary/aromatic N) is 2. The molecule has 0 fully saturated rings. The minimum absolute atomic E-state index is 0.206. The average Bonchev–Trinajstić information content (AvgIpc) is 2.74.